The van der Waals surface area contributed by atoms with Crippen molar-refractivity contribution in [1.29, 1.82) is 0 Å². The molecule has 6 nitrogen and oxygen atoms in total. The van der Waals surface area contributed by atoms with Gasteiger partial charge in [0, 0.05) is 28.2 Å². The number of benzene rings is 3. The molecular formula is C30H27FN2O4. The zero-order valence-electron chi connectivity index (χ0n) is 20.6. The lowest BCUT2D eigenvalue weighted by molar-refractivity contribution is -0.143. The quantitative estimate of drug-likeness (QED) is 0.244. The highest BCUT2D eigenvalue weighted by Gasteiger charge is 2.22. The predicted octanol–water partition coefficient (Wildman–Crippen LogP) is 5.52. The maximum Gasteiger partial charge on any atom is 0.308 e. The molecule has 7 heteroatoms. The van der Waals surface area contributed by atoms with E-state index in [1.165, 1.54) is 12.1 Å². The van der Waals surface area contributed by atoms with Crippen LogP contribution in [0.3, 0.4) is 0 Å². The summed E-state index contributed by atoms with van der Waals surface area (Å²) in [5.74, 6) is -1.61. The Morgan fingerprint density at radius 2 is 1.51 bits per heavy atom. The molecule has 3 aromatic carbocycles. The van der Waals surface area contributed by atoms with Gasteiger partial charge in [0.05, 0.1) is 12.5 Å². The first-order valence-electron chi connectivity index (χ1n) is 11.9. The molecular weight excluding hydrogens is 471 g/mol. The number of rotatable bonds is 9. The molecule has 0 saturated heterocycles. The Balaban J connectivity index is 1.43. The van der Waals surface area contributed by atoms with E-state index in [1.807, 2.05) is 47.9 Å². The predicted molar refractivity (Wildman–Crippen MR) is 138 cm³/mol. The zero-order valence-corrected chi connectivity index (χ0v) is 20.6. The second-order valence-corrected chi connectivity index (χ2v) is 8.69. The highest BCUT2D eigenvalue weighted by Crippen LogP contribution is 2.22. The number of aromatic nitrogens is 1. The van der Waals surface area contributed by atoms with Crippen molar-refractivity contribution in [2.75, 3.05) is 6.61 Å². The van der Waals surface area contributed by atoms with E-state index < -0.39 is 18.6 Å². The van der Waals surface area contributed by atoms with Gasteiger partial charge in [0.1, 0.15) is 5.82 Å². The van der Waals surface area contributed by atoms with Crippen LogP contribution in [-0.4, -0.2) is 28.8 Å². The number of halogens is 1. The molecule has 0 saturated carbocycles. The summed E-state index contributed by atoms with van der Waals surface area (Å²) in [7, 11) is 0. The second kappa shape index (κ2) is 11.5. The van der Waals surface area contributed by atoms with E-state index in [-0.39, 0.29) is 23.9 Å². The molecule has 0 fully saturated rings. The molecule has 1 heterocycles. The molecule has 0 aliphatic rings. The lowest BCUT2D eigenvalue weighted by Crippen LogP contribution is -2.31. The van der Waals surface area contributed by atoms with Crippen molar-refractivity contribution in [2.24, 2.45) is 0 Å². The van der Waals surface area contributed by atoms with Gasteiger partial charge in [0.2, 0.25) is 5.78 Å². The largest absolute Gasteiger partial charge is 0.457 e. The van der Waals surface area contributed by atoms with Crippen LogP contribution in [0.15, 0.2) is 91.0 Å². The molecule has 0 bridgehead atoms. The number of hydrogen-bond acceptors (Lipinski definition) is 4. The van der Waals surface area contributed by atoms with E-state index in [1.54, 1.807) is 49.4 Å². The van der Waals surface area contributed by atoms with Crippen LogP contribution in [0.5, 0.6) is 0 Å². The van der Waals surface area contributed by atoms with Crippen molar-refractivity contribution in [2.45, 2.75) is 26.3 Å². The van der Waals surface area contributed by atoms with Crippen LogP contribution < -0.4 is 5.32 Å². The number of carbonyl (C=O) groups excluding carboxylic acids is 3. The van der Waals surface area contributed by atoms with Gasteiger partial charge >= 0.3 is 5.97 Å². The van der Waals surface area contributed by atoms with Crippen LogP contribution in [0.2, 0.25) is 0 Å². The number of nitrogens with one attached hydrogen (secondary N) is 1. The minimum atomic E-state index is -0.625. The van der Waals surface area contributed by atoms with Gasteiger partial charge in [-0.1, -0.05) is 48.5 Å². The Hall–Kier alpha value is -4.52. The topological polar surface area (TPSA) is 77.4 Å². The first kappa shape index (κ1) is 25.6. The van der Waals surface area contributed by atoms with E-state index in [4.69, 9.17) is 4.74 Å². The summed E-state index contributed by atoms with van der Waals surface area (Å²) in [5, 5.41) is 2.89. The van der Waals surface area contributed by atoms with Crippen LogP contribution >= 0.6 is 0 Å². The number of Topliss-reactive ketones (excluding diaryl/α,β-unsaturated/α-hetero) is 1. The number of hydrogen-bond donors (Lipinski definition) is 1. The van der Waals surface area contributed by atoms with Crippen LogP contribution in [0.25, 0.3) is 5.69 Å². The highest BCUT2D eigenvalue weighted by molar-refractivity contribution is 5.99. The third kappa shape index (κ3) is 6.19. The summed E-state index contributed by atoms with van der Waals surface area (Å²) >= 11 is 0. The molecule has 0 radical (unpaired) electrons. The molecule has 188 valence electrons. The lowest BCUT2D eigenvalue weighted by Gasteiger charge is -2.18. The van der Waals surface area contributed by atoms with Crippen LogP contribution in [-0.2, 0) is 9.53 Å². The number of carbonyl (C=O) groups is 3. The van der Waals surface area contributed by atoms with Gasteiger partial charge in [-0.2, -0.15) is 0 Å². The van der Waals surface area contributed by atoms with Gasteiger partial charge in [0.25, 0.3) is 5.91 Å². The monoisotopic (exact) mass is 498 g/mol. The fraction of sp³-hybridized carbons (Fsp3) is 0.167. The van der Waals surface area contributed by atoms with Crippen molar-refractivity contribution >= 4 is 17.7 Å². The van der Waals surface area contributed by atoms with E-state index in [0.717, 1.165) is 16.9 Å². The Bertz CT molecular complexity index is 1400. The Labute approximate surface area is 214 Å². The maximum atomic E-state index is 13.3. The highest BCUT2D eigenvalue weighted by atomic mass is 19.1. The third-order valence-electron chi connectivity index (χ3n) is 6.09. The number of amides is 1. The van der Waals surface area contributed by atoms with E-state index in [9.17, 15) is 18.8 Å². The first-order chi connectivity index (χ1) is 17.8. The number of ketones is 1. The van der Waals surface area contributed by atoms with E-state index in [0.29, 0.717) is 16.8 Å². The van der Waals surface area contributed by atoms with Gasteiger partial charge < -0.3 is 14.6 Å². The first-order valence-corrected chi connectivity index (χ1v) is 11.9. The lowest BCUT2D eigenvalue weighted by atomic mass is 10.0. The van der Waals surface area contributed by atoms with Gasteiger partial charge in [-0.3, -0.25) is 14.4 Å². The van der Waals surface area contributed by atoms with Gasteiger partial charge in [-0.15, -0.1) is 0 Å². The average Bonchev–Trinajstić information content (AvgIpc) is 3.22. The molecule has 1 atom stereocenters. The third-order valence-corrected chi connectivity index (χ3v) is 6.09. The zero-order chi connectivity index (χ0) is 26.4. The van der Waals surface area contributed by atoms with Crippen molar-refractivity contribution in [3.05, 3.63) is 125 Å². The minimum Gasteiger partial charge on any atom is -0.457 e. The van der Waals surface area contributed by atoms with E-state index >= 15 is 0 Å². The molecule has 37 heavy (non-hydrogen) atoms. The fourth-order valence-corrected chi connectivity index (χ4v) is 4.25. The summed E-state index contributed by atoms with van der Waals surface area (Å²) in [6, 6.07) is 24.9. The SMILES string of the molecule is Cc1cc(C(=O)COC(=O)C[C@H](NC(=O)c2ccccc2)c2ccccc2)c(C)n1-c1ccc(F)cc1. The standard InChI is InChI=1S/C30H27FN2O4/c1-20-17-26(21(2)33(20)25-15-13-24(31)14-16-25)28(34)19-37-29(35)18-27(22-9-5-3-6-10-22)32-30(36)23-11-7-4-8-12-23/h3-17,27H,18-19H2,1-2H3,(H,32,36)/t27-/m0/s1. The Morgan fingerprint density at radius 1 is 0.892 bits per heavy atom. The summed E-state index contributed by atoms with van der Waals surface area (Å²) in [5.41, 5.74) is 3.84. The number of esters is 1. The van der Waals surface area contributed by atoms with Crippen molar-refractivity contribution in [3.8, 4) is 5.69 Å². The van der Waals surface area contributed by atoms with Crippen molar-refractivity contribution in [3.63, 3.8) is 0 Å². The summed E-state index contributed by atoms with van der Waals surface area (Å²) in [4.78, 5) is 38.4. The molecule has 1 aromatic heterocycles. The number of aryl methyl sites for hydroxylation is 1. The molecule has 0 aliphatic carbocycles. The summed E-state index contributed by atoms with van der Waals surface area (Å²) < 4.78 is 20.5. The van der Waals surface area contributed by atoms with Gasteiger partial charge in [0.15, 0.2) is 6.61 Å². The van der Waals surface area contributed by atoms with Gasteiger partial charge in [-0.05, 0) is 61.9 Å². The molecule has 4 aromatic rings. The Morgan fingerprint density at radius 3 is 2.16 bits per heavy atom. The van der Waals surface area contributed by atoms with E-state index in [2.05, 4.69) is 5.32 Å². The number of nitrogens with zero attached hydrogens (tertiary/aromatic N) is 1. The molecule has 1 amide bonds. The average molecular weight is 499 g/mol. The minimum absolute atomic E-state index is 0.134. The smallest absolute Gasteiger partial charge is 0.308 e. The van der Waals surface area contributed by atoms with Crippen LogP contribution in [0.4, 0.5) is 4.39 Å². The van der Waals surface area contributed by atoms with Crippen LogP contribution in [0.1, 0.15) is 50.1 Å². The molecule has 4 rings (SSSR count). The normalized spacial score (nSPS) is 11.5. The van der Waals surface area contributed by atoms with Gasteiger partial charge in [-0.25, -0.2) is 4.39 Å². The molecule has 0 unspecified atom stereocenters. The maximum absolute atomic E-state index is 13.3. The van der Waals surface area contributed by atoms with Crippen LogP contribution in [0, 0.1) is 19.7 Å². The number of ether oxygens (including phenoxy) is 1. The summed E-state index contributed by atoms with van der Waals surface area (Å²) in [6.45, 7) is 3.20. The van der Waals surface area contributed by atoms with Crippen molar-refractivity contribution < 1.29 is 23.5 Å². The second-order valence-electron chi connectivity index (χ2n) is 8.69. The fourth-order valence-electron chi connectivity index (χ4n) is 4.25. The molecule has 1 N–H and O–H groups in total. The molecule has 0 aliphatic heterocycles. The van der Waals surface area contributed by atoms with Crippen molar-refractivity contribution in [1.82, 2.24) is 9.88 Å². The Kier molecular flexibility index (Phi) is 7.93. The summed E-state index contributed by atoms with van der Waals surface area (Å²) in [6.07, 6.45) is -0.134. The molecule has 0 spiro atoms.